The van der Waals surface area contributed by atoms with Gasteiger partial charge in [-0.3, -0.25) is 9.59 Å². The Morgan fingerprint density at radius 2 is 1.58 bits per heavy atom. The fraction of sp³-hybridized carbons (Fsp3) is 0.176. The molecule has 0 saturated carbocycles. The maximum atomic E-state index is 13.4. The molecular weight excluding hydrogens is 584 g/mol. The Bertz CT molecular complexity index is 1930. The van der Waals surface area contributed by atoms with Crippen LogP contribution in [0.2, 0.25) is 0 Å². The largest absolute Gasteiger partial charge is 0.507 e. The monoisotopic (exact) mass is 614 g/mol. The maximum absolute atomic E-state index is 13.4. The third kappa shape index (κ3) is 6.14. The van der Waals surface area contributed by atoms with Crippen LogP contribution in [0.5, 0.6) is 40.2 Å². The molecule has 0 saturated heterocycles. The van der Waals surface area contributed by atoms with Gasteiger partial charge in [0, 0.05) is 29.5 Å². The van der Waals surface area contributed by atoms with Crippen LogP contribution in [-0.2, 0) is 16.0 Å². The average Bonchev–Trinajstić information content (AvgIpc) is 3.03. The molecule has 0 aliphatic heterocycles. The van der Waals surface area contributed by atoms with Crippen LogP contribution in [0.3, 0.4) is 0 Å². The van der Waals surface area contributed by atoms with Gasteiger partial charge in [0.1, 0.15) is 22.5 Å². The molecule has 11 heteroatoms. The lowest BCUT2D eigenvalue weighted by Crippen LogP contribution is -2.13. The zero-order valence-corrected chi connectivity index (χ0v) is 24.3. The van der Waals surface area contributed by atoms with Crippen molar-refractivity contribution in [1.82, 2.24) is 0 Å². The van der Waals surface area contributed by atoms with Gasteiger partial charge >= 0.3 is 5.97 Å². The molecular formula is C34H30O11. The summed E-state index contributed by atoms with van der Waals surface area (Å²) in [5, 5.41) is 51.9. The van der Waals surface area contributed by atoms with Gasteiger partial charge in [0.2, 0.25) is 11.2 Å². The molecule has 1 atom stereocenters. The predicted octanol–water partition coefficient (Wildman–Crippen LogP) is 5.31. The summed E-state index contributed by atoms with van der Waals surface area (Å²) in [5.74, 6) is -4.39. The van der Waals surface area contributed by atoms with Crippen molar-refractivity contribution in [3.05, 3.63) is 99.7 Å². The molecule has 45 heavy (non-hydrogen) atoms. The van der Waals surface area contributed by atoms with Crippen LogP contribution in [0, 0.1) is 0 Å². The van der Waals surface area contributed by atoms with Gasteiger partial charge in [-0.25, -0.2) is 0 Å². The number of esters is 1. The number of methoxy groups -OCH3 is 2. The molecule has 232 valence electrons. The minimum atomic E-state index is -1.03. The molecule has 5 N–H and O–H groups in total. The van der Waals surface area contributed by atoms with Crippen molar-refractivity contribution in [1.29, 1.82) is 0 Å². The van der Waals surface area contributed by atoms with Crippen LogP contribution < -0.4 is 14.9 Å². The van der Waals surface area contributed by atoms with Gasteiger partial charge in [-0.15, -0.1) is 0 Å². The number of phenols is 4. The molecule has 0 spiro atoms. The number of carbonyl (C=O) groups excluding carboxylic acids is 1. The van der Waals surface area contributed by atoms with E-state index in [-0.39, 0.29) is 23.1 Å². The predicted molar refractivity (Wildman–Crippen MR) is 163 cm³/mol. The molecule has 0 radical (unpaired) electrons. The molecule has 0 amide bonds. The van der Waals surface area contributed by atoms with E-state index in [0.29, 0.717) is 30.1 Å². The summed E-state index contributed by atoms with van der Waals surface area (Å²) in [4.78, 5) is 26.0. The third-order valence-electron chi connectivity index (χ3n) is 7.40. The van der Waals surface area contributed by atoms with E-state index in [1.54, 1.807) is 18.2 Å². The summed E-state index contributed by atoms with van der Waals surface area (Å²) in [6.07, 6.45) is 0.318. The molecule has 1 heterocycles. The average molecular weight is 615 g/mol. The van der Waals surface area contributed by atoms with Gasteiger partial charge in [0.05, 0.1) is 27.2 Å². The highest BCUT2D eigenvalue weighted by Crippen LogP contribution is 2.46. The molecule has 0 fully saturated rings. The van der Waals surface area contributed by atoms with Gasteiger partial charge in [0.15, 0.2) is 28.8 Å². The number of hydrogen-bond donors (Lipinski definition) is 5. The fourth-order valence-electron chi connectivity index (χ4n) is 5.12. The highest BCUT2D eigenvalue weighted by molar-refractivity contribution is 5.92. The Morgan fingerprint density at radius 1 is 0.822 bits per heavy atom. The molecule has 0 bridgehead atoms. The van der Waals surface area contributed by atoms with E-state index in [1.165, 1.54) is 20.3 Å². The first-order valence-corrected chi connectivity index (χ1v) is 13.8. The Morgan fingerprint density at radius 3 is 2.27 bits per heavy atom. The molecule has 1 aromatic heterocycles. The maximum Gasteiger partial charge on any atom is 0.306 e. The van der Waals surface area contributed by atoms with Crippen LogP contribution in [-0.4, -0.2) is 52.3 Å². The summed E-state index contributed by atoms with van der Waals surface area (Å²) < 4.78 is 22.4. The fourth-order valence-corrected chi connectivity index (χ4v) is 5.12. The Balaban J connectivity index is 1.65. The quantitative estimate of drug-likeness (QED) is 0.102. The number of carbonyl (C=O) groups is 1. The van der Waals surface area contributed by atoms with Gasteiger partial charge in [-0.1, -0.05) is 36.4 Å². The van der Waals surface area contributed by atoms with Crippen molar-refractivity contribution in [2.75, 3.05) is 20.8 Å². The number of ether oxygens (including phenoxy) is 3. The lowest BCUT2D eigenvalue weighted by atomic mass is 9.86. The Hall–Kier alpha value is -5.84. The van der Waals surface area contributed by atoms with E-state index < -0.39 is 57.2 Å². The van der Waals surface area contributed by atoms with Crippen molar-refractivity contribution in [3.8, 4) is 51.6 Å². The van der Waals surface area contributed by atoms with Crippen LogP contribution in [0.1, 0.15) is 29.0 Å². The first kappa shape index (κ1) is 30.6. The number of hydrogen-bond acceptors (Lipinski definition) is 11. The summed E-state index contributed by atoms with van der Waals surface area (Å²) in [6, 6.07) is 19.1. The second kappa shape index (κ2) is 12.8. The first-order valence-electron chi connectivity index (χ1n) is 13.8. The van der Waals surface area contributed by atoms with Gasteiger partial charge in [-0.2, -0.15) is 0 Å². The van der Waals surface area contributed by atoms with E-state index >= 15 is 0 Å². The molecule has 0 aliphatic carbocycles. The number of phenolic OH excluding ortho intramolecular Hbond substituents is 4. The van der Waals surface area contributed by atoms with Gasteiger partial charge in [0.25, 0.3) is 0 Å². The minimum absolute atomic E-state index is 0.0128. The second-order valence-electron chi connectivity index (χ2n) is 10.2. The van der Waals surface area contributed by atoms with E-state index in [2.05, 4.69) is 0 Å². The summed E-state index contributed by atoms with van der Waals surface area (Å²) in [6.45, 7) is 0.360. The lowest BCUT2D eigenvalue weighted by molar-refractivity contribution is -0.140. The third-order valence-corrected chi connectivity index (χ3v) is 7.40. The first-order chi connectivity index (χ1) is 21.6. The minimum Gasteiger partial charge on any atom is -0.507 e. The lowest BCUT2D eigenvalue weighted by Gasteiger charge is -2.22. The van der Waals surface area contributed by atoms with Crippen LogP contribution >= 0.6 is 0 Å². The molecule has 4 aromatic carbocycles. The van der Waals surface area contributed by atoms with E-state index in [1.807, 2.05) is 30.3 Å². The molecule has 0 unspecified atom stereocenters. The summed E-state index contributed by atoms with van der Waals surface area (Å²) in [7, 11) is 2.65. The van der Waals surface area contributed by atoms with Crippen molar-refractivity contribution >= 4 is 16.9 Å². The Kier molecular flexibility index (Phi) is 8.71. The van der Waals surface area contributed by atoms with E-state index in [0.717, 1.165) is 23.8 Å². The normalized spacial score (nSPS) is 11.7. The molecule has 5 aromatic rings. The molecule has 5 rings (SSSR count). The second-order valence-corrected chi connectivity index (χ2v) is 10.2. The topological polar surface area (TPSA) is 176 Å². The highest BCUT2D eigenvalue weighted by atomic mass is 16.5. The van der Waals surface area contributed by atoms with Crippen molar-refractivity contribution in [2.24, 2.45) is 0 Å². The van der Waals surface area contributed by atoms with E-state index in [9.17, 15) is 35.1 Å². The molecule has 11 nitrogen and oxygen atoms in total. The van der Waals surface area contributed by atoms with Crippen molar-refractivity contribution < 1.29 is 49.0 Å². The van der Waals surface area contributed by atoms with E-state index in [4.69, 9.17) is 18.6 Å². The summed E-state index contributed by atoms with van der Waals surface area (Å²) >= 11 is 0. The Labute approximate surface area is 256 Å². The van der Waals surface area contributed by atoms with Crippen LogP contribution in [0.15, 0.2) is 82.0 Å². The van der Waals surface area contributed by atoms with Crippen molar-refractivity contribution in [3.63, 3.8) is 0 Å². The number of rotatable bonds is 10. The van der Waals surface area contributed by atoms with Gasteiger partial charge in [-0.05, 0) is 41.5 Å². The number of fused-ring (bicyclic) bond motifs is 1. The van der Waals surface area contributed by atoms with Crippen LogP contribution in [0.4, 0.5) is 0 Å². The van der Waals surface area contributed by atoms with Gasteiger partial charge < -0.3 is 44.2 Å². The SMILES string of the molecule is COC(=O)C[C@@H](c1ccc(OCCc2ccccc2)c(OC)c1)c1c(O)cc(O)c2c(=O)c(O)c(-c3ccc(O)c(O)c3)oc12. The highest BCUT2D eigenvalue weighted by Gasteiger charge is 2.30. The zero-order chi connectivity index (χ0) is 32.2. The number of aromatic hydroxyl groups is 5. The standard InChI is InChI=1S/C34H30O11/c1-42-27-15-19(9-11-26(27)44-13-12-18-6-4-3-5-7-18)21(16-28(39)43-2)29-24(37)17-25(38)30-31(40)32(41)33(45-34(29)30)20-8-10-22(35)23(36)14-20/h3-11,14-15,17,21,35-38,41H,12-13,16H2,1-2H3/t21-/m0/s1. The summed E-state index contributed by atoms with van der Waals surface area (Å²) in [5.41, 5.74) is 0.126. The van der Waals surface area contributed by atoms with Crippen LogP contribution in [0.25, 0.3) is 22.3 Å². The molecule has 0 aliphatic rings. The van der Waals surface area contributed by atoms with Crippen molar-refractivity contribution in [2.45, 2.75) is 18.8 Å². The number of benzene rings is 4. The smallest absolute Gasteiger partial charge is 0.306 e. The zero-order valence-electron chi connectivity index (χ0n) is 24.3.